The highest BCUT2D eigenvalue weighted by Crippen LogP contribution is 2.15. The van der Waals surface area contributed by atoms with Crippen LogP contribution in [-0.2, 0) is 28.6 Å². The third-order valence-electron chi connectivity index (χ3n) is 12.7. The van der Waals surface area contributed by atoms with Gasteiger partial charge in [0.05, 0.1) is 0 Å². The minimum absolute atomic E-state index is 0.0930. The van der Waals surface area contributed by atoms with Gasteiger partial charge in [0, 0.05) is 19.3 Å². The van der Waals surface area contributed by atoms with E-state index in [4.69, 9.17) is 14.2 Å². The van der Waals surface area contributed by atoms with Crippen molar-refractivity contribution in [3.8, 4) is 0 Å². The smallest absolute Gasteiger partial charge is 0.306 e. The standard InChI is InChI=1S/C67H112O6/c1-4-7-10-13-16-19-22-25-28-30-32-33-35-36-39-42-45-48-51-54-57-60-66(69)72-63-64(62-71-65(68)59-56-53-50-47-44-41-38-27-24-21-18-15-12-9-6-3)73-67(70)61-58-55-52-49-46-43-40-37-34-31-29-26-23-20-17-14-11-8-5-2/h8-9,11-12,17-18,20-22,25-27,29-30,32,34,37-38,64H,4-7,10,13-16,19,23-24,28,31,33,35-36,39-63H2,1-3H3/b11-8-,12-9-,20-17-,21-18-,25-22-,29-26-,32-30-,37-34-,38-27-. The van der Waals surface area contributed by atoms with Gasteiger partial charge in [-0.05, 0) is 122 Å². The van der Waals surface area contributed by atoms with Gasteiger partial charge < -0.3 is 14.2 Å². The van der Waals surface area contributed by atoms with Crippen molar-refractivity contribution in [1.82, 2.24) is 0 Å². The molecule has 0 radical (unpaired) electrons. The maximum atomic E-state index is 12.9. The Balaban J connectivity index is 4.43. The molecule has 0 rings (SSSR count). The summed E-state index contributed by atoms with van der Waals surface area (Å²) in [5.74, 6) is -0.924. The lowest BCUT2D eigenvalue weighted by Gasteiger charge is -2.18. The quantitative estimate of drug-likeness (QED) is 0.0261. The first-order valence-electron chi connectivity index (χ1n) is 30.4. The van der Waals surface area contributed by atoms with E-state index in [2.05, 4.69) is 130 Å². The van der Waals surface area contributed by atoms with Crippen LogP contribution in [0.2, 0.25) is 0 Å². The molecule has 6 nitrogen and oxygen atoms in total. The van der Waals surface area contributed by atoms with Crippen LogP contribution in [0.5, 0.6) is 0 Å². The molecule has 0 heterocycles. The van der Waals surface area contributed by atoms with Gasteiger partial charge in [0.15, 0.2) is 6.10 Å². The van der Waals surface area contributed by atoms with Crippen molar-refractivity contribution < 1.29 is 28.6 Å². The molecule has 73 heavy (non-hydrogen) atoms. The number of unbranched alkanes of at least 4 members (excludes halogenated alkanes) is 25. The van der Waals surface area contributed by atoms with E-state index in [9.17, 15) is 14.4 Å². The normalized spacial score (nSPS) is 12.9. The lowest BCUT2D eigenvalue weighted by Crippen LogP contribution is -2.30. The zero-order valence-electron chi connectivity index (χ0n) is 47.6. The van der Waals surface area contributed by atoms with Gasteiger partial charge in [-0.1, -0.05) is 246 Å². The number of ether oxygens (including phenoxy) is 3. The Morgan fingerprint density at radius 2 is 0.534 bits per heavy atom. The van der Waals surface area contributed by atoms with Crippen LogP contribution in [0, 0.1) is 0 Å². The molecule has 0 aromatic rings. The predicted molar refractivity (Wildman–Crippen MR) is 316 cm³/mol. The van der Waals surface area contributed by atoms with Gasteiger partial charge in [-0.25, -0.2) is 0 Å². The second-order valence-electron chi connectivity index (χ2n) is 19.8. The molecule has 0 aromatic heterocycles. The molecule has 0 aliphatic heterocycles. The van der Waals surface area contributed by atoms with Gasteiger partial charge in [0.1, 0.15) is 13.2 Å². The topological polar surface area (TPSA) is 78.9 Å². The average molecular weight is 1010 g/mol. The Kier molecular flexibility index (Phi) is 57.4. The Morgan fingerprint density at radius 1 is 0.288 bits per heavy atom. The van der Waals surface area contributed by atoms with Crippen molar-refractivity contribution in [2.24, 2.45) is 0 Å². The minimum Gasteiger partial charge on any atom is -0.462 e. The number of carbonyl (C=O) groups is 3. The second kappa shape index (κ2) is 60.6. The summed E-state index contributed by atoms with van der Waals surface area (Å²) in [5.41, 5.74) is 0. The molecule has 1 unspecified atom stereocenters. The van der Waals surface area contributed by atoms with Gasteiger partial charge in [-0.2, -0.15) is 0 Å². The monoisotopic (exact) mass is 1010 g/mol. The SMILES string of the molecule is CC/C=C\C/C=C\C/C=C\C/C=C\CCCCCCCCC(=O)OC(COC(=O)CCCCCCC/C=C\C/C=C\C/C=C\CC)COC(=O)CCCCCCCCCCC/C=C\C/C=C\CCCCCCC. The summed E-state index contributed by atoms with van der Waals surface area (Å²) in [5, 5.41) is 0. The highest BCUT2D eigenvalue weighted by molar-refractivity contribution is 5.71. The number of hydrogen-bond donors (Lipinski definition) is 0. The summed E-state index contributed by atoms with van der Waals surface area (Å²) in [6, 6.07) is 0. The van der Waals surface area contributed by atoms with Crippen molar-refractivity contribution >= 4 is 17.9 Å². The number of rotatable bonds is 54. The summed E-state index contributed by atoms with van der Waals surface area (Å²) in [7, 11) is 0. The fourth-order valence-electron chi connectivity index (χ4n) is 8.24. The Morgan fingerprint density at radius 3 is 0.836 bits per heavy atom. The van der Waals surface area contributed by atoms with E-state index in [-0.39, 0.29) is 31.1 Å². The molecular formula is C67H112O6. The second-order valence-corrected chi connectivity index (χ2v) is 19.8. The first kappa shape index (κ1) is 69.1. The predicted octanol–water partition coefficient (Wildman–Crippen LogP) is 20.7. The van der Waals surface area contributed by atoms with Crippen molar-refractivity contribution in [3.05, 3.63) is 109 Å². The van der Waals surface area contributed by atoms with Crippen LogP contribution in [0.25, 0.3) is 0 Å². The fraction of sp³-hybridized carbons (Fsp3) is 0.687. The first-order chi connectivity index (χ1) is 36.0. The molecule has 0 amide bonds. The molecule has 6 heteroatoms. The van der Waals surface area contributed by atoms with Crippen LogP contribution in [-0.4, -0.2) is 37.2 Å². The van der Waals surface area contributed by atoms with Crippen LogP contribution < -0.4 is 0 Å². The largest absolute Gasteiger partial charge is 0.462 e. The van der Waals surface area contributed by atoms with Crippen LogP contribution >= 0.6 is 0 Å². The zero-order valence-corrected chi connectivity index (χ0v) is 47.6. The molecule has 416 valence electrons. The van der Waals surface area contributed by atoms with E-state index in [1.165, 1.54) is 96.3 Å². The van der Waals surface area contributed by atoms with Crippen molar-refractivity contribution in [2.75, 3.05) is 13.2 Å². The summed E-state index contributed by atoms with van der Waals surface area (Å²) in [4.78, 5) is 38.3. The maximum Gasteiger partial charge on any atom is 0.306 e. The first-order valence-corrected chi connectivity index (χ1v) is 30.4. The van der Waals surface area contributed by atoms with Gasteiger partial charge in [-0.3, -0.25) is 14.4 Å². The number of hydrogen-bond acceptors (Lipinski definition) is 6. The molecule has 0 fully saturated rings. The van der Waals surface area contributed by atoms with E-state index < -0.39 is 6.10 Å². The maximum absolute atomic E-state index is 12.9. The van der Waals surface area contributed by atoms with Crippen molar-refractivity contribution in [2.45, 2.75) is 284 Å². The summed E-state index contributed by atoms with van der Waals surface area (Å²) in [6.45, 7) is 6.39. The number of allylic oxidation sites excluding steroid dienone is 18. The summed E-state index contributed by atoms with van der Waals surface area (Å²) in [6.07, 6.45) is 82.2. The molecular weight excluding hydrogens is 901 g/mol. The fourth-order valence-corrected chi connectivity index (χ4v) is 8.24. The third-order valence-corrected chi connectivity index (χ3v) is 12.7. The molecule has 0 spiro atoms. The molecule has 0 aromatic carbocycles. The Hall–Kier alpha value is -3.93. The lowest BCUT2D eigenvalue weighted by atomic mass is 10.1. The Labute approximate surface area is 450 Å². The highest BCUT2D eigenvalue weighted by atomic mass is 16.6. The van der Waals surface area contributed by atoms with Crippen molar-refractivity contribution in [1.29, 1.82) is 0 Å². The molecule has 0 aliphatic carbocycles. The van der Waals surface area contributed by atoms with Gasteiger partial charge in [0.25, 0.3) is 0 Å². The number of esters is 3. The van der Waals surface area contributed by atoms with Crippen molar-refractivity contribution in [3.63, 3.8) is 0 Å². The molecule has 0 N–H and O–H groups in total. The van der Waals surface area contributed by atoms with Crippen LogP contribution in [0.1, 0.15) is 278 Å². The van der Waals surface area contributed by atoms with E-state index in [1.54, 1.807) is 0 Å². The lowest BCUT2D eigenvalue weighted by molar-refractivity contribution is -0.167. The van der Waals surface area contributed by atoms with Gasteiger partial charge in [0.2, 0.25) is 0 Å². The van der Waals surface area contributed by atoms with Crippen LogP contribution in [0.4, 0.5) is 0 Å². The molecule has 0 aliphatic rings. The highest BCUT2D eigenvalue weighted by Gasteiger charge is 2.19. The summed E-state index contributed by atoms with van der Waals surface area (Å²) >= 11 is 0. The number of carbonyl (C=O) groups excluding carboxylic acids is 3. The van der Waals surface area contributed by atoms with Crippen LogP contribution in [0.3, 0.4) is 0 Å². The molecule has 1 atom stereocenters. The third kappa shape index (κ3) is 58.8. The molecule has 0 saturated heterocycles. The summed E-state index contributed by atoms with van der Waals surface area (Å²) < 4.78 is 16.9. The van der Waals surface area contributed by atoms with E-state index in [1.807, 2.05) is 0 Å². The zero-order chi connectivity index (χ0) is 52.9. The molecule has 0 saturated carbocycles. The minimum atomic E-state index is -0.798. The Bertz CT molecular complexity index is 1490. The van der Waals surface area contributed by atoms with E-state index in [0.717, 1.165) is 141 Å². The van der Waals surface area contributed by atoms with E-state index >= 15 is 0 Å². The average Bonchev–Trinajstić information content (AvgIpc) is 3.39. The van der Waals surface area contributed by atoms with Gasteiger partial charge >= 0.3 is 17.9 Å². The van der Waals surface area contributed by atoms with E-state index in [0.29, 0.717) is 19.3 Å². The van der Waals surface area contributed by atoms with Gasteiger partial charge in [-0.15, -0.1) is 0 Å². The van der Waals surface area contributed by atoms with Crippen LogP contribution in [0.15, 0.2) is 109 Å². The molecule has 0 bridgehead atoms.